The van der Waals surface area contributed by atoms with Crippen molar-refractivity contribution >= 4 is 10.0 Å². The van der Waals surface area contributed by atoms with E-state index < -0.39 is 10.0 Å². The van der Waals surface area contributed by atoms with Crippen LogP contribution in [0.5, 0.6) is 0 Å². The Morgan fingerprint density at radius 3 is 2.62 bits per heavy atom. The molecule has 0 radical (unpaired) electrons. The molecule has 0 aliphatic carbocycles. The van der Waals surface area contributed by atoms with Crippen LogP contribution in [0.2, 0.25) is 0 Å². The summed E-state index contributed by atoms with van der Waals surface area (Å²) in [4.78, 5) is 0.439. The van der Waals surface area contributed by atoms with E-state index >= 15 is 0 Å². The molecular weight excluding hydrogens is 284 g/mol. The fourth-order valence-electron chi connectivity index (χ4n) is 2.83. The summed E-state index contributed by atoms with van der Waals surface area (Å²) < 4.78 is 27.7. The van der Waals surface area contributed by atoms with Gasteiger partial charge in [-0.2, -0.15) is 4.31 Å². The molecule has 1 saturated heterocycles. The summed E-state index contributed by atoms with van der Waals surface area (Å²) in [6, 6.07) is 5.84. The van der Waals surface area contributed by atoms with Crippen LogP contribution in [0.1, 0.15) is 37.8 Å². The summed E-state index contributed by atoms with van der Waals surface area (Å²) >= 11 is 0. The Morgan fingerprint density at radius 1 is 1.33 bits per heavy atom. The number of nitrogens with zero attached hydrogens (tertiary/aromatic N) is 1. The minimum Gasteiger partial charge on any atom is -0.313 e. The summed E-state index contributed by atoms with van der Waals surface area (Å²) in [5, 5.41) is 3.39. The highest BCUT2D eigenvalue weighted by atomic mass is 32.2. The molecule has 2 rings (SSSR count). The van der Waals surface area contributed by atoms with Crippen molar-refractivity contribution in [1.29, 1.82) is 0 Å². The van der Waals surface area contributed by atoms with Crippen LogP contribution in [0, 0.1) is 13.8 Å². The third-order valence-electron chi connectivity index (χ3n) is 4.07. The van der Waals surface area contributed by atoms with Crippen LogP contribution in [-0.4, -0.2) is 37.9 Å². The second-order valence-electron chi connectivity index (χ2n) is 6.23. The Balaban J connectivity index is 2.34. The van der Waals surface area contributed by atoms with Gasteiger partial charge < -0.3 is 5.32 Å². The molecule has 0 aromatic heterocycles. The second kappa shape index (κ2) is 6.46. The van der Waals surface area contributed by atoms with Gasteiger partial charge >= 0.3 is 0 Å². The number of sulfonamides is 1. The molecule has 5 heteroatoms. The topological polar surface area (TPSA) is 49.4 Å². The van der Waals surface area contributed by atoms with Crippen molar-refractivity contribution in [1.82, 2.24) is 9.62 Å². The Hall–Kier alpha value is -0.910. The molecule has 1 aromatic carbocycles. The summed E-state index contributed by atoms with van der Waals surface area (Å²) in [5.41, 5.74) is 1.78. The lowest BCUT2D eigenvalue weighted by Crippen LogP contribution is -2.44. The van der Waals surface area contributed by atoms with E-state index in [-0.39, 0.29) is 12.1 Å². The number of hydrogen-bond donors (Lipinski definition) is 1. The maximum Gasteiger partial charge on any atom is 0.243 e. The van der Waals surface area contributed by atoms with Crippen LogP contribution in [0.15, 0.2) is 23.1 Å². The molecule has 1 heterocycles. The van der Waals surface area contributed by atoms with Crippen molar-refractivity contribution in [3.63, 3.8) is 0 Å². The van der Waals surface area contributed by atoms with Gasteiger partial charge in [-0.05, 0) is 64.3 Å². The lowest BCUT2D eigenvalue weighted by molar-refractivity contribution is 0.322. The maximum absolute atomic E-state index is 13.0. The summed E-state index contributed by atoms with van der Waals surface area (Å²) in [6.07, 6.45) is 2.17. The van der Waals surface area contributed by atoms with E-state index in [1.54, 1.807) is 10.4 Å². The van der Waals surface area contributed by atoms with Gasteiger partial charge in [0.05, 0.1) is 4.90 Å². The van der Waals surface area contributed by atoms with Gasteiger partial charge in [-0.1, -0.05) is 12.1 Å². The molecule has 1 N–H and O–H groups in total. The first-order chi connectivity index (χ1) is 9.82. The summed E-state index contributed by atoms with van der Waals surface area (Å²) in [5.74, 6) is 0. The van der Waals surface area contributed by atoms with Crippen molar-refractivity contribution in [2.75, 3.05) is 13.1 Å². The van der Waals surface area contributed by atoms with E-state index in [9.17, 15) is 8.42 Å². The van der Waals surface area contributed by atoms with E-state index in [4.69, 9.17) is 0 Å². The Kier molecular flexibility index (Phi) is 5.07. The first-order valence-electron chi connectivity index (χ1n) is 7.65. The van der Waals surface area contributed by atoms with Gasteiger partial charge in [0.2, 0.25) is 10.0 Å². The standard InChI is InChI=1S/C16H26N2O2S/c1-12(2)18(11-15-6-5-9-17-15)21(19,20)16-10-13(3)7-8-14(16)4/h7-8,10,12,15,17H,5-6,9,11H2,1-4H3. The van der Waals surface area contributed by atoms with Crippen molar-refractivity contribution in [2.24, 2.45) is 0 Å². The fourth-order valence-corrected chi connectivity index (χ4v) is 4.82. The van der Waals surface area contributed by atoms with E-state index in [0.717, 1.165) is 30.5 Å². The van der Waals surface area contributed by atoms with Gasteiger partial charge in [0.25, 0.3) is 0 Å². The predicted octanol–water partition coefficient (Wildman–Crippen LogP) is 2.45. The molecule has 1 aliphatic heterocycles. The fraction of sp³-hybridized carbons (Fsp3) is 0.625. The molecule has 4 nitrogen and oxygen atoms in total. The minimum atomic E-state index is -3.45. The zero-order valence-electron chi connectivity index (χ0n) is 13.4. The van der Waals surface area contributed by atoms with Gasteiger partial charge in [-0.15, -0.1) is 0 Å². The molecule has 1 atom stereocenters. The van der Waals surface area contributed by atoms with Gasteiger partial charge in [0, 0.05) is 18.6 Å². The number of benzene rings is 1. The van der Waals surface area contributed by atoms with Gasteiger partial charge in [-0.3, -0.25) is 0 Å². The molecule has 0 saturated carbocycles. The SMILES string of the molecule is Cc1ccc(C)c(S(=O)(=O)N(CC2CCCN2)C(C)C)c1. The highest BCUT2D eigenvalue weighted by Crippen LogP contribution is 2.24. The van der Waals surface area contributed by atoms with Gasteiger partial charge in [0.15, 0.2) is 0 Å². The monoisotopic (exact) mass is 310 g/mol. The van der Waals surface area contributed by atoms with Crippen LogP contribution < -0.4 is 5.32 Å². The zero-order valence-corrected chi connectivity index (χ0v) is 14.2. The largest absolute Gasteiger partial charge is 0.313 e. The quantitative estimate of drug-likeness (QED) is 0.909. The van der Waals surface area contributed by atoms with Crippen LogP contribution >= 0.6 is 0 Å². The summed E-state index contributed by atoms with van der Waals surface area (Å²) in [7, 11) is -3.45. The Labute approximate surface area is 128 Å². The van der Waals surface area contributed by atoms with E-state index in [0.29, 0.717) is 11.4 Å². The number of hydrogen-bond acceptors (Lipinski definition) is 3. The number of rotatable bonds is 5. The van der Waals surface area contributed by atoms with Crippen LogP contribution in [0.25, 0.3) is 0 Å². The molecule has 0 amide bonds. The zero-order chi connectivity index (χ0) is 15.6. The molecule has 0 spiro atoms. The molecule has 1 fully saturated rings. The molecule has 1 aromatic rings. The van der Waals surface area contributed by atoms with Crippen molar-refractivity contribution < 1.29 is 8.42 Å². The second-order valence-corrected chi connectivity index (χ2v) is 8.09. The summed E-state index contributed by atoms with van der Waals surface area (Å²) in [6.45, 7) is 9.21. The number of aryl methyl sites for hydroxylation is 2. The minimum absolute atomic E-state index is 0.0442. The maximum atomic E-state index is 13.0. The van der Waals surface area contributed by atoms with Crippen LogP contribution in [0.3, 0.4) is 0 Å². The lowest BCUT2D eigenvalue weighted by atomic mass is 10.2. The average molecular weight is 310 g/mol. The normalized spacial score (nSPS) is 19.6. The third kappa shape index (κ3) is 3.65. The molecule has 21 heavy (non-hydrogen) atoms. The number of nitrogens with one attached hydrogen (secondary N) is 1. The lowest BCUT2D eigenvalue weighted by Gasteiger charge is -2.29. The van der Waals surface area contributed by atoms with E-state index in [2.05, 4.69) is 5.32 Å². The Bertz CT molecular complexity index is 590. The highest BCUT2D eigenvalue weighted by Gasteiger charge is 2.31. The van der Waals surface area contributed by atoms with Gasteiger partial charge in [0.1, 0.15) is 0 Å². The van der Waals surface area contributed by atoms with Crippen molar-refractivity contribution in [3.8, 4) is 0 Å². The molecule has 118 valence electrons. The van der Waals surface area contributed by atoms with Gasteiger partial charge in [-0.25, -0.2) is 8.42 Å². The molecule has 1 unspecified atom stereocenters. The van der Waals surface area contributed by atoms with E-state index in [1.165, 1.54) is 0 Å². The van der Waals surface area contributed by atoms with Crippen molar-refractivity contribution in [2.45, 2.75) is 57.5 Å². The van der Waals surface area contributed by atoms with Crippen LogP contribution in [-0.2, 0) is 10.0 Å². The van der Waals surface area contributed by atoms with Crippen molar-refractivity contribution in [3.05, 3.63) is 29.3 Å². The predicted molar refractivity (Wildman–Crippen MR) is 86.0 cm³/mol. The van der Waals surface area contributed by atoms with Crippen LogP contribution in [0.4, 0.5) is 0 Å². The molecule has 0 bridgehead atoms. The Morgan fingerprint density at radius 2 is 2.05 bits per heavy atom. The van der Waals surface area contributed by atoms with E-state index in [1.807, 2.05) is 39.8 Å². The first kappa shape index (κ1) is 16.5. The molecule has 1 aliphatic rings. The average Bonchev–Trinajstić information content (AvgIpc) is 2.91. The third-order valence-corrected chi connectivity index (χ3v) is 6.25. The molecular formula is C16H26N2O2S. The first-order valence-corrected chi connectivity index (χ1v) is 9.09. The highest BCUT2D eigenvalue weighted by molar-refractivity contribution is 7.89. The smallest absolute Gasteiger partial charge is 0.243 e.